The molecule has 2 amide bonds. The molecule has 4 rings (SSSR count). The fourth-order valence-electron chi connectivity index (χ4n) is 3.88. The van der Waals surface area contributed by atoms with Crippen LogP contribution in [0.3, 0.4) is 0 Å². The van der Waals surface area contributed by atoms with E-state index in [9.17, 15) is 9.59 Å². The molecule has 0 atom stereocenters. The fourth-order valence-corrected chi connectivity index (χ4v) is 3.88. The summed E-state index contributed by atoms with van der Waals surface area (Å²) in [5, 5.41) is 3.78. The zero-order chi connectivity index (χ0) is 18.8. The molecule has 27 heavy (non-hydrogen) atoms. The zero-order valence-corrected chi connectivity index (χ0v) is 15.6. The van der Waals surface area contributed by atoms with E-state index >= 15 is 0 Å². The summed E-state index contributed by atoms with van der Waals surface area (Å²) in [6, 6.07) is 7.23. The summed E-state index contributed by atoms with van der Waals surface area (Å²) in [4.78, 5) is 33.3. The summed E-state index contributed by atoms with van der Waals surface area (Å²) in [5.41, 5.74) is 1.43. The van der Waals surface area contributed by atoms with Crippen LogP contribution in [0.2, 0.25) is 0 Å². The highest BCUT2D eigenvalue weighted by Gasteiger charge is 2.31. The van der Waals surface area contributed by atoms with Gasteiger partial charge in [-0.1, -0.05) is 5.16 Å². The number of aryl methyl sites for hydroxylation is 1. The highest BCUT2D eigenvalue weighted by Crippen LogP contribution is 2.24. The van der Waals surface area contributed by atoms with Crippen LogP contribution in [0, 0.1) is 12.8 Å². The number of carbonyl (C=O) groups is 2. The molecule has 0 unspecified atom stereocenters. The smallest absolute Gasteiger partial charge is 0.257 e. The molecule has 2 aliphatic rings. The lowest BCUT2D eigenvalue weighted by Gasteiger charge is -2.33. The Kier molecular flexibility index (Phi) is 4.92. The van der Waals surface area contributed by atoms with Crippen molar-refractivity contribution in [2.45, 2.75) is 32.6 Å². The van der Waals surface area contributed by atoms with Crippen molar-refractivity contribution in [3.8, 4) is 11.5 Å². The third-order valence-electron chi connectivity index (χ3n) is 5.46. The number of rotatable bonds is 3. The van der Waals surface area contributed by atoms with Gasteiger partial charge in [0.1, 0.15) is 0 Å². The molecule has 2 aliphatic heterocycles. The predicted octanol–water partition coefficient (Wildman–Crippen LogP) is 2.52. The maximum absolute atomic E-state index is 12.8. The molecular formula is C20H24N4O3. The van der Waals surface area contributed by atoms with Crippen LogP contribution in [0.4, 0.5) is 0 Å². The Labute approximate surface area is 158 Å². The zero-order valence-electron chi connectivity index (χ0n) is 15.6. The molecule has 0 bridgehead atoms. The maximum atomic E-state index is 12.8. The van der Waals surface area contributed by atoms with Crippen LogP contribution in [-0.4, -0.2) is 57.9 Å². The van der Waals surface area contributed by atoms with Crippen LogP contribution in [0.1, 0.15) is 41.9 Å². The number of benzene rings is 1. The molecule has 2 aromatic rings. The van der Waals surface area contributed by atoms with E-state index in [2.05, 4.69) is 10.1 Å². The average molecular weight is 368 g/mol. The summed E-state index contributed by atoms with van der Waals surface area (Å²) in [6.45, 7) is 4.82. The number of hydrogen-bond donors (Lipinski definition) is 0. The van der Waals surface area contributed by atoms with Gasteiger partial charge in [-0.2, -0.15) is 4.98 Å². The second kappa shape index (κ2) is 7.50. The molecule has 0 saturated carbocycles. The molecule has 142 valence electrons. The highest BCUT2D eigenvalue weighted by molar-refractivity contribution is 5.94. The molecule has 3 heterocycles. The number of nitrogens with zero attached hydrogens (tertiary/aromatic N) is 4. The van der Waals surface area contributed by atoms with Crippen molar-refractivity contribution >= 4 is 11.8 Å². The Morgan fingerprint density at radius 2 is 1.67 bits per heavy atom. The van der Waals surface area contributed by atoms with Gasteiger partial charge >= 0.3 is 0 Å². The van der Waals surface area contributed by atoms with Crippen molar-refractivity contribution in [3.63, 3.8) is 0 Å². The number of amides is 2. The number of carbonyl (C=O) groups excluding carboxylic acids is 2. The Balaban J connectivity index is 1.35. The minimum atomic E-state index is 0.00957. The third-order valence-corrected chi connectivity index (χ3v) is 5.46. The van der Waals surface area contributed by atoms with Gasteiger partial charge in [0.25, 0.3) is 11.8 Å². The minimum absolute atomic E-state index is 0.00957. The Morgan fingerprint density at radius 1 is 1.00 bits per heavy atom. The lowest BCUT2D eigenvalue weighted by atomic mass is 9.95. The summed E-state index contributed by atoms with van der Waals surface area (Å²) in [5.74, 6) is 1.38. The van der Waals surface area contributed by atoms with E-state index in [-0.39, 0.29) is 17.7 Å². The molecule has 1 aromatic heterocycles. The van der Waals surface area contributed by atoms with E-state index in [1.165, 1.54) is 0 Å². The predicted molar refractivity (Wildman–Crippen MR) is 98.9 cm³/mol. The van der Waals surface area contributed by atoms with Crippen LogP contribution in [0.15, 0.2) is 28.8 Å². The molecule has 0 radical (unpaired) electrons. The van der Waals surface area contributed by atoms with Gasteiger partial charge in [0.15, 0.2) is 5.82 Å². The molecule has 2 fully saturated rings. The largest absolute Gasteiger partial charge is 0.342 e. The SMILES string of the molecule is Cc1noc(-c2ccc(C(=O)N3CCC(C(=O)N4CCCC4)CC3)cc2)n1. The van der Waals surface area contributed by atoms with Gasteiger partial charge in [-0.3, -0.25) is 9.59 Å². The third kappa shape index (κ3) is 3.72. The second-order valence-electron chi connectivity index (χ2n) is 7.32. The summed E-state index contributed by atoms with van der Waals surface area (Å²) < 4.78 is 5.15. The van der Waals surface area contributed by atoms with Crippen molar-refractivity contribution in [2.75, 3.05) is 26.2 Å². The Morgan fingerprint density at radius 3 is 2.26 bits per heavy atom. The first-order chi connectivity index (χ1) is 13.1. The average Bonchev–Trinajstić information content (AvgIpc) is 3.39. The topological polar surface area (TPSA) is 79.5 Å². The van der Waals surface area contributed by atoms with E-state index in [0.29, 0.717) is 30.4 Å². The standard InChI is InChI=1S/C20H24N4O3/c1-14-21-18(27-22-14)15-4-6-16(7-5-15)19(25)24-12-8-17(9-13-24)20(26)23-10-2-3-11-23/h4-7,17H,2-3,8-13H2,1H3. The van der Waals surface area contributed by atoms with Gasteiger partial charge in [0, 0.05) is 43.2 Å². The molecule has 0 aliphatic carbocycles. The number of likely N-dealkylation sites (tertiary alicyclic amines) is 2. The first-order valence-corrected chi connectivity index (χ1v) is 9.60. The van der Waals surface area contributed by atoms with E-state index in [1.54, 1.807) is 19.1 Å². The number of piperidine rings is 1. The summed E-state index contributed by atoms with van der Waals surface area (Å²) in [7, 11) is 0. The van der Waals surface area contributed by atoms with Crippen molar-refractivity contribution in [1.29, 1.82) is 0 Å². The minimum Gasteiger partial charge on any atom is -0.342 e. The molecule has 7 heteroatoms. The summed E-state index contributed by atoms with van der Waals surface area (Å²) >= 11 is 0. The van der Waals surface area contributed by atoms with E-state index in [4.69, 9.17) is 4.52 Å². The fraction of sp³-hybridized carbons (Fsp3) is 0.500. The molecular weight excluding hydrogens is 344 g/mol. The van der Waals surface area contributed by atoms with E-state index in [0.717, 1.165) is 44.3 Å². The first-order valence-electron chi connectivity index (χ1n) is 9.60. The molecule has 0 N–H and O–H groups in total. The van der Waals surface area contributed by atoms with Crippen molar-refractivity contribution in [1.82, 2.24) is 19.9 Å². The lowest BCUT2D eigenvalue weighted by Crippen LogP contribution is -2.43. The van der Waals surface area contributed by atoms with Gasteiger partial charge < -0.3 is 14.3 Å². The molecule has 2 saturated heterocycles. The van der Waals surface area contributed by atoms with Crippen LogP contribution in [-0.2, 0) is 4.79 Å². The monoisotopic (exact) mass is 368 g/mol. The normalized spacial score (nSPS) is 18.1. The van der Waals surface area contributed by atoms with Gasteiger partial charge in [0.05, 0.1) is 0 Å². The molecule has 7 nitrogen and oxygen atoms in total. The Bertz CT molecular complexity index is 816. The van der Waals surface area contributed by atoms with Crippen LogP contribution in [0.25, 0.3) is 11.5 Å². The highest BCUT2D eigenvalue weighted by atomic mass is 16.5. The lowest BCUT2D eigenvalue weighted by molar-refractivity contribution is -0.135. The van der Waals surface area contributed by atoms with Crippen molar-refractivity contribution in [2.24, 2.45) is 5.92 Å². The quantitative estimate of drug-likeness (QED) is 0.832. The second-order valence-corrected chi connectivity index (χ2v) is 7.32. The van der Waals surface area contributed by atoms with Crippen LogP contribution in [0.5, 0.6) is 0 Å². The van der Waals surface area contributed by atoms with Gasteiger partial charge in [0.2, 0.25) is 5.91 Å². The van der Waals surface area contributed by atoms with E-state index < -0.39 is 0 Å². The van der Waals surface area contributed by atoms with Crippen molar-refractivity contribution < 1.29 is 14.1 Å². The number of hydrogen-bond acceptors (Lipinski definition) is 5. The van der Waals surface area contributed by atoms with Crippen LogP contribution < -0.4 is 0 Å². The van der Waals surface area contributed by atoms with Crippen molar-refractivity contribution in [3.05, 3.63) is 35.7 Å². The number of aromatic nitrogens is 2. The Hall–Kier alpha value is -2.70. The van der Waals surface area contributed by atoms with Gasteiger partial charge in [-0.05, 0) is 56.9 Å². The van der Waals surface area contributed by atoms with E-state index in [1.807, 2.05) is 21.9 Å². The maximum Gasteiger partial charge on any atom is 0.257 e. The molecule has 1 aromatic carbocycles. The summed E-state index contributed by atoms with van der Waals surface area (Å²) in [6.07, 6.45) is 3.73. The first kappa shape index (κ1) is 17.7. The van der Waals surface area contributed by atoms with Gasteiger partial charge in [-0.15, -0.1) is 0 Å². The molecule has 0 spiro atoms. The van der Waals surface area contributed by atoms with Gasteiger partial charge in [-0.25, -0.2) is 0 Å². The van der Waals surface area contributed by atoms with Crippen LogP contribution >= 0.6 is 0 Å².